The van der Waals surface area contributed by atoms with E-state index in [2.05, 4.69) is 0 Å². The Balaban J connectivity index is 3.11. The molecule has 0 saturated heterocycles. The fourth-order valence-electron chi connectivity index (χ4n) is 2.02. The second-order valence-corrected chi connectivity index (χ2v) is 4.69. The standard InChI is InChI=1S/C11H14N2O2/c1-11(2)4-7(3-8(14)5-11)9(6-12)10(13)15/h3-5H2,1-2H3,(H2,13,15)/b9-7+. The molecule has 1 rings (SSSR count). The Kier molecular flexibility index (Phi) is 2.94. The molecule has 4 heteroatoms. The highest BCUT2D eigenvalue weighted by atomic mass is 16.1. The van der Waals surface area contributed by atoms with Crippen LogP contribution in [0.2, 0.25) is 0 Å². The van der Waals surface area contributed by atoms with Crippen molar-refractivity contribution in [2.24, 2.45) is 11.1 Å². The molecule has 0 aromatic heterocycles. The number of nitrogens with zero attached hydrogens (tertiary/aromatic N) is 1. The van der Waals surface area contributed by atoms with E-state index in [-0.39, 0.29) is 23.2 Å². The van der Waals surface area contributed by atoms with Crippen molar-refractivity contribution in [1.29, 1.82) is 5.26 Å². The Morgan fingerprint density at radius 1 is 1.47 bits per heavy atom. The van der Waals surface area contributed by atoms with Crippen LogP contribution in [0, 0.1) is 16.7 Å². The summed E-state index contributed by atoms with van der Waals surface area (Å²) in [5.41, 5.74) is 5.45. The second kappa shape index (κ2) is 3.85. The molecular weight excluding hydrogens is 192 g/mol. The van der Waals surface area contributed by atoms with Crippen molar-refractivity contribution in [3.63, 3.8) is 0 Å². The lowest BCUT2D eigenvalue weighted by Gasteiger charge is -2.30. The summed E-state index contributed by atoms with van der Waals surface area (Å²) in [4.78, 5) is 22.4. The number of nitrogens with two attached hydrogens (primary N) is 1. The molecule has 0 heterocycles. The lowest BCUT2D eigenvalue weighted by atomic mass is 9.73. The number of hydrogen-bond acceptors (Lipinski definition) is 3. The van der Waals surface area contributed by atoms with Crippen LogP contribution >= 0.6 is 0 Å². The maximum atomic E-state index is 11.4. The molecule has 0 atom stereocenters. The van der Waals surface area contributed by atoms with E-state index in [1.54, 1.807) is 6.07 Å². The number of allylic oxidation sites excluding steroid dienone is 1. The first-order valence-electron chi connectivity index (χ1n) is 4.79. The third-order valence-electron chi connectivity index (χ3n) is 2.49. The van der Waals surface area contributed by atoms with E-state index >= 15 is 0 Å². The van der Waals surface area contributed by atoms with E-state index in [9.17, 15) is 9.59 Å². The summed E-state index contributed by atoms with van der Waals surface area (Å²) in [5, 5.41) is 8.79. The van der Waals surface area contributed by atoms with Gasteiger partial charge in [-0.1, -0.05) is 13.8 Å². The first kappa shape index (κ1) is 11.4. The highest BCUT2D eigenvalue weighted by Gasteiger charge is 2.31. The molecule has 1 saturated carbocycles. The summed E-state index contributed by atoms with van der Waals surface area (Å²) in [5.74, 6) is -0.673. The van der Waals surface area contributed by atoms with Gasteiger partial charge in [0, 0.05) is 12.8 Å². The largest absolute Gasteiger partial charge is 0.365 e. The molecule has 1 fully saturated rings. The number of ketones is 1. The van der Waals surface area contributed by atoms with Gasteiger partial charge in [-0.05, 0) is 17.4 Å². The van der Waals surface area contributed by atoms with Crippen LogP contribution in [-0.2, 0) is 9.59 Å². The molecule has 15 heavy (non-hydrogen) atoms. The summed E-state index contributed by atoms with van der Waals surface area (Å²) < 4.78 is 0. The Bertz CT molecular complexity index is 386. The van der Waals surface area contributed by atoms with Crippen molar-refractivity contribution in [3.05, 3.63) is 11.1 Å². The van der Waals surface area contributed by atoms with Crippen LogP contribution in [0.4, 0.5) is 0 Å². The normalized spacial score (nSPS) is 23.1. The van der Waals surface area contributed by atoms with Crippen molar-refractivity contribution in [3.8, 4) is 6.07 Å². The monoisotopic (exact) mass is 206 g/mol. The Labute approximate surface area is 88.7 Å². The third-order valence-corrected chi connectivity index (χ3v) is 2.49. The van der Waals surface area contributed by atoms with E-state index in [1.807, 2.05) is 13.8 Å². The van der Waals surface area contributed by atoms with Crippen molar-refractivity contribution in [2.75, 3.05) is 0 Å². The van der Waals surface area contributed by atoms with E-state index < -0.39 is 5.91 Å². The predicted molar refractivity (Wildman–Crippen MR) is 54.5 cm³/mol. The zero-order valence-corrected chi connectivity index (χ0v) is 8.96. The molecule has 1 aliphatic rings. The summed E-state index contributed by atoms with van der Waals surface area (Å²) in [7, 11) is 0. The van der Waals surface area contributed by atoms with Crippen LogP contribution in [0.3, 0.4) is 0 Å². The summed E-state index contributed by atoms with van der Waals surface area (Å²) in [6.07, 6.45) is 1.27. The van der Waals surface area contributed by atoms with Gasteiger partial charge >= 0.3 is 0 Å². The van der Waals surface area contributed by atoms with Gasteiger partial charge in [0.2, 0.25) is 0 Å². The lowest BCUT2D eigenvalue weighted by molar-refractivity contribution is -0.121. The summed E-state index contributed by atoms with van der Waals surface area (Å²) in [6, 6.07) is 1.78. The average molecular weight is 206 g/mol. The Hall–Kier alpha value is -1.63. The highest BCUT2D eigenvalue weighted by Crippen LogP contribution is 2.37. The minimum atomic E-state index is -0.738. The quantitative estimate of drug-likeness (QED) is 0.514. The molecular formula is C11H14N2O2. The first-order valence-corrected chi connectivity index (χ1v) is 4.79. The van der Waals surface area contributed by atoms with Gasteiger partial charge in [0.25, 0.3) is 5.91 Å². The minimum Gasteiger partial charge on any atom is -0.365 e. The third kappa shape index (κ3) is 2.66. The fourth-order valence-corrected chi connectivity index (χ4v) is 2.02. The number of amides is 1. The van der Waals surface area contributed by atoms with Gasteiger partial charge in [-0.25, -0.2) is 0 Å². The second-order valence-electron chi connectivity index (χ2n) is 4.69. The molecule has 0 aromatic rings. The molecule has 0 bridgehead atoms. The maximum Gasteiger partial charge on any atom is 0.259 e. The lowest BCUT2D eigenvalue weighted by Crippen LogP contribution is -2.27. The zero-order valence-electron chi connectivity index (χ0n) is 8.96. The molecule has 0 radical (unpaired) electrons. The minimum absolute atomic E-state index is 0.0453. The van der Waals surface area contributed by atoms with E-state index in [0.29, 0.717) is 18.4 Å². The predicted octanol–water partition coefficient (Wildman–Crippen LogP) is 1.07. The number of rotatable bonds is 1. The van der Waals surface area contributed by atoms with Crippen LogP contribution in [0.5, 0.6) is 0 Å². The molecule has 0 aliphatic heterocycles. The number of carbonyl (C=O) groups excluding carboxylic acids is 2. The summed E-state index contributed by atoms with van der Waals surface area (Å²) >= 11 is 0. The van der Waals surface area contributed by atoms with E-state index in [4.69, 9.17) is 11.0 Å². The molecule has 80 valence electrons. The van der Waals surface area contributed by atoms with Crippen LogP contribution in [0.1, 0.15) is 33.1 Å². The van der Waals surface area contributed by atoms with Crippen LogP contribution in [-0.4, -0.2) is 11.7 Å². The molecule has 1 aliphatic carbocycles. The fraction of sp³-hybridized carbons (Fsp3) is 0.545. The molecule has 4 nitrogen and oxygen atoms in total. The Morgan fingerprint density at radius 3 is 2.47 bits per heavy atom. The van der Waals surface area contributed by atoms with Crippen LogP contribution in [0.15, 0.2) is 11.1 Å². The van der Waals surface area contributed by atoms with Gasteiger partial charge in [-0.2, -0.15) is 5.26 Å². The average Bonchev–Trinajstić information content (AvgIpc) is 1.99. The molecule has 0 spiro atoms. The Morgan fingerprint density at radius 2 is 2.07 bits per heavy atom. The number of Topliss-reactive ketones (excluding diaryl/α,β-unsaturated/α-hetero) is 1. The molecule has 0 unspecified atom stereocenters. The smallest absolute Gasteiger partial charge is 0.259 e. The van der Waals surface area contributed by atoms with Crippen molar-refractivity contribution < 1.29 is 9.59 Å². The summed E-state index contributed by atoms with van der Waals surface area (Å²) in [6.45, 7) is 3.89. The number of hydrogen-bond donors (Lipinski definition) is 1. The van der Waals surface area contributed by atoms with Crippen LogP contribution < -0.4 is 5.73 Å². The van der Waals surface area contributed by atoms with E-state index in [0.717, 1.165) is 0 Å². The van der Waals surface area contributed by atoms with E-state index in [1.165, 1.54) is 0 Å². The molecule has 2 N–H and O–H groups in total. The number of carbonyl (C=O) groups is 2. The van der Waals surface area contributed by atoms with Crippen molar-refractivity contribution >= 4 is 11.7 Å². The SMILES string of the molecule is CC1(C)CC(=O)C/C(=C(/C#N)C(N)=O)C1. The maximum absolute atomic E-state index is 11.4. The zero-order chi connectivity index (χ0) is 11.6. The van der Waals surface area contributed by atoms with Gasteiger partial charge in [-0.3, -0.25) is 9.59 Å². The van der Waals surface area contributed by atoms with Gasteiger partial charge in [0.05, 0.1) is 0 Å². The van der Waals surface area contributed by atoms with Gasteiger partial charge in [-0.15, -0.1) is 0 Å². The topological polar surface area (TPSA) is 83.9 Å². The number of primary amides is 1. The van der Waals surface area contributed by atoms with Gasteiger partial charge in [0.15, 0.2) is 0 Å². The van der Waals surface area contributed by atoms with Crippen molar-refractivity contribution in [1.82, 2.24) is 0 Å². The van der Waals surface area contributed by atoms with Gasteiger partial charge < -0.3 is 5.73 Å². The molecule has 0 aromatic carbocycles. The van der Waals surface area contributed by atoms with Gasteiger partial charge in [0.1, 0.15) is 17.4 Å². The first-order chi connectivity index (χ1) is 6.85. The number of nitriles is 1. The molecule has 1 amide bonds. The van der Waals surface area contributed by atoms with Crippen LogP contribution in [0.25, 0.3) is 0 Å². The highest BCUT2D eigenvalue weighted by molar-refractivity contribution is 5.98. The van der Waals surface area contributed by atoms with Crippen molar-refractivity contribution in [2.45, 2.75) is 33.1 Å².